The highest BCUT2D eigenvalue weighted by Crippen LogP contribution is 2.21. The van der Waals surface area contributed by atoms with Gasteiger partial charge in [-0.25, -0.2) is 0 Å². The van der Waals surface area contributed by atoms with Crippen molar-refractivity contribution in [3.8, 4) is 11.1 Å². The van der Waals surface area contributed by atoms with E-state index in [2.05, 4.69) is 9.97 Å². The second kappa shape index (κ2) is 3.41. The molecule has 0 saturated carbocycles. The van der Waals surface area contributed by atoms with E-state index in [0.717, 1.165) is 16.7 Å². The van der Waals surface area contributed by atoms with Crippen LogP contribution < -0.4 is 5.73 Å². The van der Waals surface area contributed by atoms with Crippen molar-refractivity contribution in [3.05, 3.63) is 42.5 Å². The average molecular weight is 173 g/mol. The van der Waals surface area contributed by atoms with Gasteiger partial charge in [-0.2, -0.15) is 0 Å². The number of nitrogens with one attached hydrogen (secondary N) is 1. The fraction of sp³-hybridized carbons (Fsp3) is 0.100. The fourth-order valence-corrected chi connectivity index (χ4v) is 1.36. The SMILES string of the molecule is NCc1c[nH]cc1-c1cccnc1. The Kier molecular flexibility index (Phi) is 2.10. The molecule has 13 heavy (non-hydrogen) atoms. The Labute approximate surface area is 76.6 Å². The second-order valence-corrected chi connectivity index (χ2v) is 2.84. The zero-order valence-corrected chi connectivity index (χ0v) is 7.20. The zero-order valence-electron chi connectivity index (χ0n) is 7.20. The van der Waals surface area contributed by atoms with E-state index in [1.807, 2.05) is 30.7 Å². The number of nitrogens with two attached hydrogens (primary N) is 1. The molecule has 3 heteroatoms. The lowest BCUT2D eigenvalue weighted by Gasteiger charge is -1.99. The molecule has 3 N–H and O–H groups in total. The molecule has 0 saturated heterocycles. The minimum Gasteiger partial charge on any atom is -0.367 e. The third-order valence-corrected chi connectivity index (χ3v) is 2.02. The number of aromatic amines is 1. The number of hydrogen-bond acceptors (Lipinski definition) is 2. The van der Waals surface area contributed by atoms with Crippen LogP contribution in [0.5, 0.6) is 0 Å². The molecule has 0 radical (unpaired) electrons. The third-order valence-electron chi connectivity index (χ3n) is 2.02. The van der Waals surface area contributed by atoms with Crippen LogP contribution in [0.1, 0.15) is 5.56 Å². The Balaban J connectivity index is 2.47. The van der Waals surface area contributed by atoms with Gasteiger partial charge in [0.25, 0.3) is 0 Å². The Hall–Kier alpha value is -1.61. The van der Waals surface area contributed by atoms with Crippen LogP contribution >= 0.6 is 0 Å². The summed E-state index contributed by atoms with van der Waals surface area (Å²) in [5.74, 6) is 0. The highest BCUT2D eigenvalue weighted by atomic mass is 14.7. The number of aromatic nitrogens is 2. The van der Waals surface area contributed by atoms with Crippen LogP contribution in [0.25, 0.3) is 11.1 Å². The van der Waals surface area contributed by atoms with Crippen LogP contribution in [0.3, 0.4) is 0 Å². The Morgan fingerprint density at radius 2 is 2.31 bits per heavy atom. The average Bonchev–Trinajstić information content (AvgIpc) is 2.67. The molecule has 66 valence electrons. The van der Waals surface area contributed by atoms with E-state index in [1.54, 1.807) is 6.20 Å². The monoisotopic (exact) mass is 173 g/mol. The maximum absolute atomic E-state index is 5.59. The number of rotatable bonds is 2. The van der Waals surface area contributed by atoms with Gasteiger partial charge < -0.3 is 10.7 Å². The Morgan fingerprint density at radius 1 is 1.38 bits per heavy atom. The van der Waals surface area contributed by atoms with Crippen LogP contribution in [0.2, 0.25) is 0 Å². The topological polar surface area (TPSA) is 54.7 Å². The molecule has 2 aromatic rings. The van der Waals surface area contributed by atoms with Gasteiger partial charge in [-0.1, -0.05) is 6.07 Å². The molecule has 3 nitrogen and oxygen atoms in total. The minimum atomic E-state index is 0.549. The predicted octanol–water partition coefficient (Wildman–Crippen LogP) is 1.54. The molecule has 2 aromatic heterocycles. The third kappa shape index (κ3) is 1.46. The lowest BCUT2D eigenvalue weighted by molar-refractivity contribution is 1.08. The molecule has 0 bridgehead atoms. The van der Waals surface area contributed by atoms with E-state index < -0.39 is 0 Å². The molecule has 0 fully saturated rings. The Bertz CT molecular complexity index is 378. The molecular formula is C10H11N3. The maximum atomic E-state index is 5.59. The van der Waals surface area contributed by atoms with Crippen molar-refractivity contribution in [1.29, 1.82) is 0 Å². The first-order chi connectivity index (χ1) is 6.42. The summed E-state index contributed by atoms with van der Waals surface area (Å²) in [5.41, 5.74) is 8.95. The maximum Gasteiger partial charge on any atom is 0.0347 e. The van der Waals surface area contributed by atoms with Crippen molar-refractivity contribution in [3.63, 3.8) is 0 Å². The van der Waals surface area contributed by atoms with Gasteiger partial charge in [0.2, 0.25) is 0 Å². The summed E-state index contributed by atoms with van der Waals surface area (Å²) in [7, 11) is 0. The van der Waals surface area contributed by atoms with Gasteiger partial charge in [0, 0.05) is 42.5 Å². The van der Waals surface area contributed by atoms with Gasteiger partial charge in [-0.15, -0.1) is 0 Å². The number of pyridine rings is 1. The first-order valence-corrected chi connectivity index (χ1v) is 4.18. The predicted molar refractivity (Wildman–Crippen MR) is 51.9 cm³/mol. The van der Waals surface area contributed by atoms with Crippen LogP contribution in [-0.2, 0) is 6.54 Å². The molecule has 0 unspecified atom stereocenters. The van der Waals surface area contributed by atoms with Crippen LogP contribution in [-0.4, -0.2) is 9.97 Å². The molecule has 2 heterocycles. The van der Waals surface area contributed by atoms with Gasteiger partial charge in [-0.05, 0) is 11.6 Å². The van der Waals surface area contributed by atoms with E-state index in [4.69, 9.17) is 5.73 Å². The summed E-state index contributed by atoms with van der Waals surface area (Å²) in [6, 6.07) is 3.94. The molecule has 0 atom stereocenters. The number of nitrogens with zero attached hydrogens (tertiary/aromatic N) is 1. The highest BCUT2D eigenvalue weighted by molar-refractivity contribution is 5.65. The van der Waals surface area contributed by atoms with E-state index in [0.29, 0.717) is 6.54 Å². The van der Waals surface area contributed by atoms with Crippen molar-refractivity contribution in [1.82, 2.24) is 9.97 Å². The molecule has 0 amide bonds. The van der Waals surface area contributed by atoms with Crippen molar-refractivity contribution in [2.24, 2.45) is 5.73 Å². The Morgan fingerprint density at radius 3 is 3.00 bits per heavy atom. The summed E-state index contributed by atoms with van der Waals surface area (Å²) in [5, 5.41) is 0. The lowest BCUT2D eigenvalue weighted by atomic mass is 10.1. The van der Waals surface area contributed by atoms with Crippen molar-refractivity contribution in [2.75, 3.05) is 0 Å². The first kappa shape index (κ1) is 8.01. The zero-order chi connectivity index (χ0) is 9.10. The first-order valence-electron chi connectivity index (χ1n) is 4.18. The molecule has 0 aromatic carbocycles. The van der Waals surface area contributed by atoms with Gasteiger partial charge in [0.1, 0.15) is 0 Å². The second-order valence-electron chi connectivity index (χ2n) is 2.84. The van der Waals surface area contributed by atoms with Gasteiger partial charge in [0.15, 0.2) is 0 Å². The number of hydrogen-bond donors (Lipinski definition) is 2. The fourth-order valence-electron chi connectivity index (χ4n) is 1.36. The highest BCUT2D eigenvalue weighted by Gasteiger charge is 2.03. The van der Waals surface area contributed by atoms with E-state index in [9.17, 15) is 0 Å². The van der Waals surface area contributed by atoms with E-state index >= 15 is 0 Å². The number of H-pyrrole nitrogens is 1. The molecule has 0 aliphatic carbocycles. The molecule has 0 spiro atoms. The van der Waals surface area contributed by atoms with Crippen LogP contribution in [0.4, 0.5) is 0 Å². The quantitative estimate of drug-likeness (QED) is 0.723. The summed E-state index contributed by atoms with van der Waals surface area (Å²) in [6.07, 6.45) is 7.46. The van der Waals surface area contributed by atoms with E-state index in [-0.39, 0.29) is 0 Å². The lowest BCUT2D eigenvalue weighted by Crippen LogP contribution is -1.95. The molecule has 0 aliphatic rings. The van der Waals surface area contributed by atoms with Gasteiger partial charge in [0.05, 0.1) is 0 Å². The summed E-state index contributed by atoms with van der Waals surface area (Å²) >= 11 is 0. The van der Waals surface area contributed by atoms with Crippen molar-refractivity contribution >= 4 is 0 Å². The van der Waals surface area contributed by atoms with Crippen LogP contribution in [0, 0.1) is 0 Å². The summed E-state index contributed by atoms with van der Waals surface area (Å²) in [6.45, 7) is 0.549. The molecule has 2 rings (SSSR count). The molecule has 0 aliphatic heterocycles. The molecular weight excluding hydrogens is 162 g/mol. The smallest absolute Gasteiger partial charge is 0.0347 e. The van der Waals surface area contributed by atoms with Crippen molar-refractivity contribution < 1.29 is 0 Å². The minimum absolute atomic E-state index is 0.549. The summed E-state index contributed by atoms with van der Waals surface area (Å²) in [4.78, 5) is 7.10. The van der Waals surface area contributed by atoms with Crippen molar-refractivity contribution in [2.45, 2.75) is 6.54 Å². The van der Waals surface area contributed by atoms with Crippen LogP contribution in [0.15, 0.2) is 36.9 Å². The van der Waals surface area contributed by atoms with Gasteiger partial charge >= 0.3 is 0 Å². The van der Waals surface area contributed by atoms with E-state index in [1.165, 1.54) is 0 Å². The summed E-state index contributed by atoms with van der Waals surface area (Å²) < 4.78 is 0. The standard InChI is InChI=1S/C10H11N3/c11-4-9-6-13-7-10(9)8-2-1-3-12-5-8/h1-3,5-7,13H,4,11H2. The normalized spacial score (nSPS) is 10.2. The van der Waals surface area contributed by atoms with Gasteiger partial charge in [-0.3, -0.25) is 4.98 Å². The largest absolute Gasteiger partial charge is 0.367 e.